The second kappa shape index (κ2) is 6.56. The van der Waals surface area contributed by atoms with E-state index in [1.165, 1.54) is 43.5 Å². The van der Waals surface area contributed by atoms with Crippen LogP contribution in [0.2, 0.25) is 0 Å². The maximum absolute atomic E-state index is 13.0. The zero-order valence-corrected chi connectivity index (χ0v) is 13.2. The number of hydrogen-bond donors (Lipinski definition) is 1. The molecule has 3 rings (SSSR count). The highest BCUT2D eigenvalue weighted by molar-refractivity contribution is 6.39. The highest BCUT2D eigenvalue weighted by Gasteiger charge is 2.36. The lowest BCUT2D eigenvalue weighted by atomic mass is 10.1. The van der Waals surface area contributed by atoms with Crippen LogP contribution in [0, 0.1) is 5.82 Å². The van der Waals surface area contributed by atoms with E-state index < -0.39 is 23.7 Å². The molecule has 0 atom stereocenters. The molecule has 1 aliphatic rings. The summed E-state index contributed by atoms with van der Waals surface area (Å²) in [6.07, 6.45) is 1.30. The number of imide groups is 2. The minimum atomic E-state index is -0.848. The minimum Gasteiger partial charge on any atom is -0.497 e. The number of urea groups is 1. The monoisotopic (exact) mass is 340 g/mol. The summed E-state index contributed by atoms with van der Waals surface area (Å²) < 4.78 is 18.1. The van der Waals surface area contributed by atoms with E-state index in [1.807, 2.05) is 0 Å². The molecule has 1 fully saturated rings. The number of carbonyl (C=O) groups excluding carboxylic acids is 3. The standard InChI is InChI=1S/C18H13FN2O4/c1-25-14-4-2-3-13(10-14)21-17(23)15(16(22)20-18(21)24)9-11-5-7-12(19)8-6-11/h2-10H,1H3,(H,20,22,24)/b15-9+. The molecule has 6 nitrogen and oxygen atoms in total. The SMILES string of the molecule is COc1cccc(N2C(=O)NC(=O)/C(=C\c3ccc(F)cc3)C2=O)c1. The van der Waals surface area contributed by atoms with Crippen LogP contribution in [0.5, 0.6) is 5.75 Å². The number of amides is 4. The number of carbonyl (C=O) groups is 3. The summed E-state index contributed by atoms with van der Waals surface area (Å²) in [6.45, 7) is 0. The van der Waals surface area contributed by atoms with Gasteiger partial charge in [0, 0.05) is 6.07 Å². The van der Waals surface area contributed by atoms with Crippen molar-refractivity contribution in [3.05, 3.63) is 65.5 Å². The number of benzene rings is 2. The first-order valence-electron chi connectivity index (χ1n) is 7.30. The van der Waals surface area contributed by atoms with E-state index in [2.05, 4.69) is 5.32 Å². The Balaban J connectivity index is 2.00. The Kier molecular flexibility index (Phi) is 4.30. The molecule has 0 aliphatic carbocycles. The predicted octanol–water partition coefficient (Wildman–Crippen LogP) is 2.50. The van der Waals surface area contributed by atoms with Crippen molar-refractivity contribution < 1.29 is 23.5 Å². The van der Waals surface area contributed by atoms with Gasteiger partial charge in [0.15, 0.2) is 0 Å². The normalized spacial score (nSPS) is 16.2. The van der Waals surface area contributed by atoms with Gasteiger partial charge >= 0.3 is 6.03 Å². The summed E-state index contributed by atoms with van der Waals surface area (Å²) >= 11 is 0. The fourth-order valence-corrected chi connectivity index (χ4v) is 2.37. The van der Waals surface area contributed by atoms with Crippen molar-refractivity contribution in [2.45, 2.75) is 0 Å². The van der Waals surface area contributed by atoms with E-state index in [1.54, 1.807) is 18.2 Å². The van der Waals surface area contributed by atoms with E-state index in [0.29, 0.717) is 11.3 Å². The molecule has 1 saturated heterocycles. The molecule has 25 heavy (non-hydrogen) atoms. The van der Waals surface area contributed by atoms with E-state index >= 15 is 0 Å². The molecular formula is C18H13FN2O4. The summed E-state index contributed by atoms with van der Waals surface area (Å²) in [6, 6.07) is 10.8. The third-order valence-electron chi connectivity index (χ3n) is 3.59. The van der Waals surface area contributed by atoms with E-state index in [0.717, 1.165) is 4.90 Å². The van der Waals surface area contributed by atoms with Crippen molar-refractivity contribution in [1.29, 1.82) is 0 Å². The molecule has 7 heteroatoms. The summed E-state index contributed by atoms with van der Waals surface area (Å²) in [5.41, 5.74) is 0.494. The Bertz CT molecular complexity index is 890. The van der Waals surface area contributed by atoms with Crippen molar-refractivity contribution >= 4 is 29.6 Å². The first-order valence-corrected chi connectivity index (χ1v) is 7.30. The Morgan fingerprint density at radius 3 is 2.48 bits per heavy atom. The lowest BCUT2D eigenvalue weighted by molar-refractivity contribution is -0.122. The Hall–Kier alpha value is -3.48. The third-order valence-corrected chi connectivity index (χ3v) is 3.59. The highest BCUT2D eigenvalue weighted by atomic mass is 19.1. The van der Waals surface area contributed by atoms with Gasteiger partial charge in [-0.3, -0.25) is 14.9 Å². The number of hydrogen-bond acceptors (Lipinski definition) is 4. The number of halogens is 1. The summed E-state index contributed by atoms with van der Waals surface area (Å²) in [5.74, 6) is -1.56. The maximum atomic E-state index is 13.0. The fourth-order valence-electron chi connectivity index (χ4n) is 2.37. The number of anilines is 1. The van der Waals surface area contributed by atoms with Crippen LogP contribution < -0.4 is 15.0 Å². The molecule has 1 aliphatic heterocycles. The topological polar surface area (TPSA) is 75.7 Å². The molecule has 0 aromatic heterocycles. The molecule has 1 N–H and O–H groups in total. The van der Waals surface area contributed by atoms with Gasteiger partial charge in [-0.25, -0.2) is 14.1 Å². The van der Waals surface area contributed by atoms with Gasteiger partial charge in [-0.15, -0.1) is 0 Å². The third kappa shape index (κ3) is 3.25. The van der Waals surface area contributed by atoms with Crippen LogP contribution in [0.4, 0.5) is 14.9 Å². The van der Waals surface area contributed by atoms with Crippen LogP contribution in [-0.2, 0) is 9.59 Å². The van der Waals surface area contributed by atoms with Crippen molar-refractivity contribution in [3.63, 3.8) is 0 Å². The average molecular weight is 340 g/mol. The van der Waals surface area contributed by atoms with E-state index in [9.17, 15) is 18.8 Å². The quantitative estimate of drug-likeness (QED) is 0.688. The smallest absolute Gasteiger partial charge is 0.335 e. The van der Waals surface area contributed by atoms with Crippen molar-refractivity contribution in [1.82, 2.24) is 5.32 Å². The number of nitrogens with zero attached hydrogens (tertiary/aromatic N) is 1. The van der Waals surface area contributed by atoms with Gasteiger partial charge in [0.2, 0.25) is 0 Å². The molecule has 1 heterocycles. The molecular weight excluding hydrogens is 327 g/mol. The molecule has 0 saturated carbocycles. The van der Waals surface area contributed by atoms with Crippen LogP contribution in [0.15, 0.2) is 54.1 Å². The molecule has 0 spiro atoms. The first kappa shape index (κ1) is 16.4. The van der Waals surface area contributed by atoms with E-state index in [-0.39, 0.29) is 11.3 Å². The van der Waals surface area contributed by atoms with Gasteiger partial charge in [-0.2, -0.15) is 0 Å². The Labute approximate surface area is 142 Å². The maximum Gasteiger partial charge on any atom is 0.335 e. The zero-order valence-electron chi connectivity index (χ0n) is 13.2. The lowest BCUT2D eigenvalue weighted by Crippen LogP contribution is -2.54. The van der Waals surface area contributed by atoms with Gasteiger partial charge in [0.25, 0.3) is 11.8 Å². The van der Waals surface area contributed by atoms with Crippen molar-refractivity contribution in [2.75, 3.05) is 12.0 Å². The Morgan fingerprint density at radius 2 is 1.80 bits per heavy atom. The average Bonchev–Trinajstić information content (AvgIpc) is 2.60. The van der Waals surface area contributed by atoms with Crippen LogP contribution >= 0.6 is 0 Å². The number of nitrogens with one attached hydrogen (secondary N) is 1. The summed E-state index contributed by atoms with van der Waals surface area (Å²) in [5, 5.41) is 2.12. The van der Waals surface area contributed by atoms with Gasteiger partial charge in [0.1, 0.15) is 17.1 Å². The molecule has 0 bridgehead atoms. The van der Waals surface area contributed by atoms with Gasteiger partial charge in [-0.1, -0.05) is 18.2 Å². The highest BCUT2D eigenvalue weighted by Crippen LogP contribution is 2.25. The number of ether oxygens (including phenoxy) is 1. The van der Waals surface area contributed by atoms with Gasteiger partial charge in [0.05, 0.1) is 12.8 Å². The molecule has 4 amide bonds. The number of methoxy groups -OCH3 is 1. The zero-order chi connectivity index (χ0) is 18.0. The first-order chi connectivity index (χ1) is 12.0. The molecule has 126 valence electrons. The lowest BCUT2D eigenvalue weighted by Gasteiger charge is -2.26. The van der Waals surface area contributed by atoms with Crippen LogP contribution in [0.1, 0.15) is 5.56 Å². The molecule has 2 aromatic carbocycles. The van der Waals surface area contributed by atoms with Crippen LogP contribution in [0.25, 0.3) is 6.08 Å². The van der Waals surface area contributed by atoms with Gasteiger partial charge in [-0.05, 0) is 35.9 Å². The molecule has 2 aromatic rings. The number of barbiturate groups is 1. The van der Waals surface area contributed by atoms with Crippen LogP contribution in [0.3, 0.4) is 0 Å². The fraction of sp³-hybridized carbons (Fsp3) is 0.0556. The molecule has 0 unspecified atom stereocenters. The Morgan fingerprint density at radius 1 is 1.08 bits per heavy atom. The van der Waals surface area contributed by atoms with E-state index in [4.69, 9.17) is 4.74 Å². The molecule has 0 radical (unpaired) electrons. The van der Waals surface area contributed by atoms with Crippen molar-refractivity contribution in [2.24, 2.45) is 0 Å². The van der Waals surface area contributed by atoms with Crippen LogP contribution in [-0.4, -0.2) is 25.0 Å². The minimum absolute atomic E-state index is 0.228. The number of rotatable bonds is 3. The summed E-state index contributed by atoms with van der Waals surface area (Å²) in [4.78, 5) is 37.7. The predicted molar refractivity (Wildman–Crippen MR) is 88.4 cm³/mol. The second-order valence-corrected chi connectivity index (χ2v) is 5.21. The van der Waals surface area contributed by atoms with Gasteiger partial charge < -0.3 is 4.74 Å². The largest absolute Gasteiger partial charge is 0.497 e. The summed E-state index contributed by atoms with van der Waals surface area (Å²) in [7, 11) is 1.46. The second-order valence-electron chi connectivity index (χ2n) is 5.21. The van der Waals surface area contributed by atoms with Crippen molar-refractivity contribution in [3.8, 4) is 5.75 Å².